The van der Waals surface area contributed by atoms with Gasteiger partial charge < -0.3 is 24.2 Å². The number of hydrogen-bond acceptors (Lipinski definition) is 7. The molecule has 0 amide bonds. The van der Waals surface area contributed by atoms with Crippen LogP contribution in [0.25, 0.3) is 0 Å². The van der Waals surface area contributed by atoms with E-state index >= 15 is 0 Å². The highest BCUT2D eigenvalue weighted by Gasteiger charge is 2.56. The Labute approximate surface area is 152 Å². The average Bonchev–Trinajstić information content (AvgIpc) is 3.06. The molecule has 9 heteroatoms. The standard InChI is InChI=1S/C17H23NO7S/c1-11-2-4-12(5-3-11)26(20,21)25-16-15(19)14(13-10-23-17(16)24-13)18-6-8-22-9-7-18/h2-5,13-17,19H,6-10H2,1H3/p+1/t13-,14+,15+,16+,17-/m0/s1. The second-order valence-corrected chi connectivity index (χ2v) is 8.56. The molecule has 2 bridgehead atoms. The van der Waals surface area contributed by atoms with Gasteiger partial charge in [-0.25, -0.2) is 0 Å². The van der Waals surface area contributed by atoms with Gasteiger partial charge in [0.15, 0.2) is 12.4 Å². The second-order valence-electron chi connectivity index (χ2n) is 6.99. The van der Waals surface area contributed by atoms with Crippen molar-refractivity contribution in [1.29, 1.82) is 0 Å². The van der Waals surface area contributed by atoms with Crippen molar-refractivity contribution >= 4 is 10.1 Å². The van der Waals surface area contributed by atoms with Crippen LogP contribution in [-0.2, 0) is 28.5 Å². The van der Waals surface area contributed by atoms with Crippen LogP contribution in [-0.4, -0.2) is 77.1 Å². The summed E-state index contributed by atoms with van der Waals surface area (Å²) in [5.74, 6) is 0. The fourth-order valence-electron chi connectivity index (χ4n) is 3.87. The van der Waals surface area contributed by atoms with Crippen LogP contribution in [0.2, 0.25) is 0 Å². The molecular weight excluding hydrogens is 362 g/mol. The Morgan fingerprint density at radius 1 is 1.19 bits per heavy atom. The Hall–Kier alpha value is -1.07. The number of aliphatic hydroxyl groups excluding tert-OH is 1. The zero-order valence-electron chi connectivity index (χ0n) is 14.5. The number of rotatable bonds is 4. The van der Waals surface area contributed by atoms with Gasteiger partial charge in [0.2, 0.25) is 0 Å². The molecule has 0 unspecified atom stereocenters. The number of quaternary nitrogens is 1. The molecule has 1 aromatic carbocycles. The van der Waals surface area contributed by atoms with Crippen molar-refractivity contribution in [2.24, 2.45) is 0 Å². The highest BCUT2D eigenvalue weighted by atomic mass is 32.2. The van der Waals surface area contributed by atoms with Crippen molar-refractivity contribution in [2.75, 3.05) is 32.9 Å². The van der Waals surface area contributed by atoms with Crippen LogP contribution in [0, 0.1) is 6.92 Å². The monoisotopic (exact) mass is 386 g/mol. The van der Waals surface area contributed by atoms with Crippen molar-refractivity contribution < 1.29 is 36.8 Å². The van der Waals surface area contributed by atoms with E-state index in [1.54, 1.807) is 12.1 Å². The minimum absolute atomic E-state index is 0.0469. The van der Waals surface area contributed by atoms with Crippen LogP contribution < -0.4 is 4.90 Å². The summed E-state index contributed by atoms with van der Waals surface area (Å²) in [5, 5.41) is 10.9. The minimum Gasteiger partial charge on any atom is -0.384 e. The molecule has 2 N–H and O–H groups in total. The van der Waals surface area contributed by atoms with Crippen LogP contribution in [0.15, 0.2) is 29.2 Å². The third-order valence-electron chi connectivity index (χ3n) is 5.26. The number of ether oxygens (including phenoxy) is 3. The summed E-state index contributed by atoms with van der Waals surface area (Å²) in [4.78, 5) is 1.17. The van der Waals surface area contributed by atoms with E-state index in [0.717, 1.165) is 23.6 Å². The van der Waals surface area contributed by atoms with Crippen LogP contribution in [0.4, 0.5) is 0 Å². The first-order chi connectivity index (χ1) is 12.5. The summed E-state index contributed by atoms with van der Waals surface area (Å²) in [6, 6.07) is 6.07. The highest BCUT2D eigenvalue weighted by Crippen LogP contribution is 2.31. The first kappa shape index (κ1) is 18.3. The minimum atomic E-state index is -4.04. The third-order valence-corrected chi connectivity index (χ3v) is 6.59. The van der Waals surface area contributed by atoms with Crippen molar-refractivity contribution in [3.8, 4) is 0 Å². The Bertz CT molecular complexity index is 732. The normalized spacial score (nSPS) is 35.5. The molecular formula is C17H24NO7S+. The predicted octanol–water partition coefficient (Wildman–Crippen LogP) is -1.53. The molecule has 8 nitrogen and oxygen atoms in total. The van der Waals surface area contributed by atoms with E-state index in [4.69, 9.17) is 18.4 Å². The number of hydrogen-bond donors (Lipinski definition) is 2. The maximum absolute atomic E-state index is 12.6. The third kappa shape index (κ3) is 3.40. The fourth-order valence-corrected chi connectivity index (χ4v) is 4.94. The summed E-state index contributed by atoms with van der Waals surface area (Å²) in [5.41, 5.74) is 0.947. The summed E-state index contributed by atoms with van der Waals surface area (Å²) in [6.45, 7) is 4.85. The van der Waals surface area contributed by atoms with Crippen LogP contribution in [0.5, 0.6) is 0 Å². The number of aryl methyl sites for hydroxylation is 1. The molecule has 3 saturated heterocycles. The maximum atomic E-state index is 12.6. The molecule has 3 heterocycles. The smallest absolute Gasteiger partial charge is 0.297 e. The van der Waals surface area contributed by atoms with Crippen molar-refractivity contribution in [3.05, 3.63) is 29.8 Å². The lowest BCUT2D eigenvalue weighted by atomic mass is 9.96. The Morgan fingerprint density at radius 3 is 2.58 bits per heavy atom. The molecule has 26 heavy (non-hydrogen) atoms. The molecule has 0 radical (unpaired) electrons. The molecule has 5 atom stereocenters. The van der Waals surface area contributed by atoms with Gasteiger partial charge in [-0.05, 0) is 19.1 Å². The molecule has 3 aliphatic heterocycles. The number of benzene rings is 1. The highest BCUT2D eigenvalue weighted by molar-refractivity contribution is 7.86. The van der Waals surface area contributed by atoms with Crippen LogP contribution in [0.3, 0.4) is 0 Å². The van der Waals surface area contributed by atoms with E-state index in [9.17, 15) is 13.5 Å². The average molecular weight is 386 g/mol. The molecule has 0 aliphatic carbocycles. The number of fused-ring (bicyclic) bond motifs is 2. The summed E-state index contributed by atoms with van der Waals surface area (Å²) in [7, 11) is -4.04. The first-order valence-electron chi connectivity index (χ1n) is 8.83. The fraction of sp³-hybridized carbons (Fsp3) is 0.647. The number of aliphatic hydroxyl groups is 1. The van der Waals surface area contributed by atoms with E-state index in [0.29, 0.717) is 19.8 Å². The molecule has 144 valence electrons. The molecule has 3 aliphatic rings. The zero-order chi connectivity index (χ0) is 18.3. The van der Waals surface area contributed by atoms with Gasteiger partial charge >= 0.3 is 0 Å². The van der Waals surface area contributed by atoms with Gasteiger partial charge in [0.1, 0.15) is 31.3 Å². The Kier molecular flexibility index (Phi) is 5.04. The zero-order valence-corrected chi connectivity index (χ0v) is 15.4. The van der Waals surface area contributed by atoms with Gasteiger partial charge in [0.05, 0.1) is 24.7 Å². The van der Waals surface area contributed by atoms with Crippen LogP contribution in [0.1, 0.15) is 5.56 Å². The summed E-state index contributed by atoms with van der Waals surface area (Å²) >= 11 is 0. The van der Waals surface area contributed by atoms with E-state index in [1.807, 2.05) is 6.92 Å². The summed E-state index contributed by atoms with van der Waals surface area (Å²) < 4.78 is 47.4. The van der Waals surface area contributed by atoms with Crippen molar-refractivity contribution in [1.82, 2.24) is 0 Å². The van der Waals surface area contributed by atoms with Crippen molar-refractivity contribution in [3.63, 3.8) is 0 Å². The molecule has 3 fully saturated rings. The lowest BCUT2D eigenvalue weighted by molar-refractivity contribution is -0.941. The molecule has 0 spiro atoms. The second kappa shape index (κ2) is 7.16. The van der Waals surface area contributed by atoms with Gasteiger partial charge in [0.25, 0.3) is 10.1 Å². The SMILES string of the molecule is Cc1ccc(S(=O)(=O)O[C@H]2[C@H]3OC[C@H](O3)[C@@H]([NH+]3CCOCC3)[C@H]2O)cc1. The summed E-state index contributed by atoms with van der Waals surface area (Å²) in [6.07, 6.45) is -3.26. The largest absolute Gasteiger partial charge is 0.384 e. The molecule has 4 rings (SSSR count). The molecule has 0 aromatic heterocycles. The van der Waals surface area contributed by atoms with Crippen LogP contribution >= 0.6 is 0 Å². The van der Waals surface area contributed by atoms with Gasteiger partial charge in [-0.3, -0.25) is 4.18 Å². The Morgan fingerprint density at radius 2 is 1.88 bits per heavy atom. The van der Waals surface area contributed by atoms with E-state index in [2.05, 4.69) is 0 Å². The van der Waals surface area contributed by atoms with E-state index in [1.165, 1.54) is 12.1 Å². The van der Waals surface area contributed by atoms with Gasteiger partial charge in [-0.15, -0.1) is 0 Å². The molecule has 0 saturated carbocycles. The van der Waals surface area contributed by atoms with Gasteiger partial charge in [-0.1, -0.05) is 17.7 Å². The van der Waals surface area contributed by atoms with Crippen molar-refractivity contribution in [2.45, 2.75) is 42.5 Å². The maximum Gasteiger partial charge on any atom is 0.297 e. The predicted molar refractivity (Wildman–Crippen MR) is 89.2 cm³/mol. The van der Waals surface area contributed by atoms with Gasteiger partial charge in [-0.2, -0.15) is 8.42 Å². The van der Waals surface area contributed by atoms with Gasteiger partial charge in [0, 0.05) is 0 Å². The van der Waals surface area contributed by atoms with E-state index in [-0.39, 0.29) is 17.0 Å². The topological polar surface area (TPSA) is 95.7 Å². The lowest BCUT2D eigenvalue weighted by Crippen LogP contribution is -3.20. The molecule has 1 aromatic rings. The Balaban J connectivity index is 1.56. The number of nitrogens with one attached hydrogen (secondary N) is 1. The number of morpholine rings is 1. The van der Waals surface area contributed by atoms with E-state index < -0.39 is 28.6 Å². The first-order valence-corrected chi connectivity index (χ1v) is 10.2. The lowest BCUT2D eigenvalue weighted by Gasteiger charge is -2.41. The quantitative estimate of drug-likeness (QED) is 0.606.